The van der Waals surface area contributed by atoms with E-state index in [0.717, 1.165) is 56.4 Å². The molecule has 2 aromatic heterocycles. The van der Waals surface area contributed by atoms with Crippen molar-refractivity contribution in [3.8, 4) is 0 Å². The first kappa shape index (κ1) is 21.3. The Morgan fingerprint density at radius 3 is 2.70 bits per heavy atom. The molecule has 6 nitrogen and oxygen atoms in total. The third-order valence-corrected chi connectivity index (χ3v) is 6.90. The zero-order chi connectivity index (χ0) is 21.1. The van der Waals surface area contributed by atoms with Gasteiger partial charge < -0.3 is 19.4 Å². The Kier molecular flexibility index (Phi) is 6.44. The van der Waals surface area contributed by atoms with Crippen LogP contribution in [0.1, 0.15) is 68.7 Å². The Morgan fingerprint density at radius 2 is 2.00 bits per heavy atom. The van der Waals surface area contributed by atoms with Crippen molar-refractivity contribution in [3.63, 3.8) is 0 Å². The molecule has 30 heavy (non-hydrogen) atoms. The molecule has 0 bridgehead atoms. The molecule has 4 rings (SSSR count). The SMILES string of the molecule is CC(C)c1nc(C(=O)NCC2(C)CCN(CC3CCOCC3)CC2)c2ccccn12. The second-order valence-electron chi connectivity index (χ2n) is 9.78. The summed E-state index contributed by atoms with van der Waals surface area (Å²) >= 11 is 0. The predicted octanol–water partition coefficient (Wildman–Crippen LogP) is 3.72. The maximum atomic E-state index is 13.0. The number of ether oxygens (including phenoxy) is 1. The highest BCUT2D eigenvalue weighted by Crippen LogP contribution is 2.31. The zero-order valence-corrected chi connectivity index (χ0v) is 18.7. The van der Waals surface area contributed by atoms with E-state index >= 15 is 0 Å². The quantitative estimate of drug-likeness (QED) is 0.786. The van der Waals surface area contributed by atoms with E-state index in [2.05, 4.69) is 36.0 Å². The van der Waals surface area contributed by atoms with Crippen LogP contribution in [0.2, 0.25) is 0 Å². The molecule has 0 aliphatic carbocycles. The molecule has 0 spiro atoms. The monoisotopic (exact) mass is 412 g/mol. The van der Waals surface area contributed by atoms with Gasteiger partial charge in [0.15, 0.2) is 5.69 Å². The third kappa shape index (κ3) is 4.70. The smallest absolute Gasteiger partial charge is 0.272 e. The van der Waals surface area contributed by atoms with Crippen molar-refractivity contribution in [2.24, 2.45) is 11.3 Å². The summed E-state index contributed by atoms with van der Waals surface area (Å²) in [6.45, 7) is 12.5. The Labute approximate surface area is 180 Å². The summed E-state index contributed by atoms with van der Waals surface area (Å²) in [6, 6.07) is 5.93. The Morgan fingerprint density at radius 1 is 1.27 bits per heavy atom. The number of amides is 1. The first-order chi connectivity index (χ1) is 14.5. The summed E-state index contributed by atoms with van der Waals surface area (Å²) < 4.78 is 7.53. The van der Waals surface area contributed by atoms with Crippen LogP contribution in [0.15, 0.2) is 24.4 Å². The lowest BCUT2D eigenvalue weighted by Crippen LogP contribution is -2.46. The summed E-state index contributed by atoms with van der Waals surface area (Å²) in [4.78, 5) is 20.3. The molecule has 1 N–H and O–H groups in total. The van der Waals surface area contributed by atoms with Crippen LogP contribution in [0.4, 0.5) is 0 Å². The van der Waals surface area contributed by atoms with Gasteiger partial charge in [0.2, 0.25) is 0 Å². The summed E-state index contributed by atoms with van der Waals surface area (Å²) in [5.41, 5.74) is 1.58. The second kappa shape index (κ2) is 9.06. The molecule has 0 saturated carbocycles. The summed E-state index contributed by atoms with van der Waals surface area (Å²) in [7, 11) is 0. The molecule has 0 unspecified atom stereocenters. The minimum atomic E-state index is -0.0588. The largest absolute Gasteiger partial charge is 0.381 e. The second-order valence-corrected chi connectivity index (χ2v) is 9.78. The lowest BCUT2D eigenvalue weighted by molar-refractivity contribution is 0.0389. The normalized spacial score (nSPS) is 20.7. The first-order valence-corrected chi connectivity index (χ1v) is 11.5. The number of likely N-dealkylation sites (tertiary alicyclic amines) is 1. The van der Waals surface area contributed by atoms with Gasteiger partial charge >= 0.3 is 0 Å². The molecule has 6 heteroatoms. The number of fused-ring (bicyclic) bond motifs is 1. The van der Waals surface area contributed by atoms with Crippen LogP contribution < -0.4 is 5.32 Å². The van der Waals surface area contributed by atoms with Crippen LogP contribution in [0.3, 0.4) is 0 Å². The van der Waals surface area contributed by atoms with Gasteiger partial charge in [-0.25, -0.2) is 4.98 Å². The van der Waals surface area contributed by atoms with E-state index in [0.29, 0.717) is 12.2 Å². The molecule has 2 aromatic rings. The average molecular weight is 413 g/mol. The molecule has 1 amide bonds. The fourth-order valence-electron chi connectivity index (χ4n) is 4.76. The van der Waals surface area contributed by atoms with Gasteiger partial charge in [0.1, 0.15) is 5.82 Å². The van der Waals surface area contributed by atoms with Gasteiger partial charge in [-0.3, -0.25) is 4.79 Å². The number of nitrogens with zero attached hydrogens (tertiary/aromatic N) is 3. The van der Waals surface area contributed by atoms with Crippen molar-refractivity contribution < 1.29 is 9.53 Å². The van der Waals surface area contributed by atoms with Crippen LogP contribution in [0, 0.1) is 11.3 Å². The standard InChI is InChI=1S/C24H36N4O2/c1-18(2)22-26-21(20-6-4-5-11-28(20)22)23(29)25-17-24(3)9-12-27(13-10-24)16-19-7-14-30-15-8-19/h4-6,11,18-19H,7-10,12-17H2,1-3H3,(H,25,29). The van der Waals surface area contributed by atoms with Crippen molar-refractivity contribution in [1.82, 2.24) is 19.6 Å². The van der Waals surface area contributed by atoms with Crippen LogP contribution in [0.5, 0.6) is 0 Å². The number of carbonyl (C=O) groups is 1. The molecule has 0 aromatic carbocycles. The van der Waals surface area contributed by atoms with E-state index in [-0.39, 0.29) is 17.2 Å². The summed E-state index contributed by atoms with van der Waals surface area (Å²) in [5, 5.41) is 3.20. The molecule has 164 valence electrons. The van der Waals surface area contributed by atoms with E-state index in [1.54, 1.807) is 0 Å². The van der Waals surface area contributed by atoms with Gasteiger partial charge in [0.25, 0.3) is 5.91 Å². The van der Waals surface area contributed by atoms with Crippen LogP contribution in [-0.4, -0.2) is 59.6 Å². The van der Waals surface area contributed by atoms with E-state index in [1.807, 2.05) is 28.8 Å². The molecule has 0 radical (unpaired) electrons. The van der Waals surface area contributed by atoms with Gasteiger partial charge in [0.05, 0.1) is 5.52 Å². The lowest BCUT2D eigenvalue weighted by Gasteiger charge is -2.41. The Bertz CT molecular complexity index is 861. The highest BCUT2D eigenvalue weighted by molar-refractivity contribution is 5.99. The molecular weight excluding hydrogens is 376 g/mol. The van der Waals surface area contributed by atoms with Crippen molar-refractivity contribution >= 4 is 11.4 Å². The topological polar surface area (TPSA) is 58.9 Å². The molecule has 2 aliphatic rings. The van der Waals surface area contributed by atoms with E-state index in [1.165, 1.54) is 19.4 Å². The number of imidazole rings is 1. The third-order valence-electron chi connectivity index (χ3n) is 6.90. The molecule has 2 saturated heterocycles. The summed E-state index contributed by atoms with van der Waals surface area (Å²) in [6.07, 6.45) is 6.63. The number of pyridine rings is 1. The van der Waals surface area contributed by atoms with Gasteiger partial charge in [0, 0.05) is 38.4 Å². The number of carbonyl (C=O) groups excluding carboxylic acids is 1. The zero-order valence-electron chi connectivity index (χ0n) is 18.7. The maximum Gasteiger partial charge on any atom is 0.272 e. The van der Waals surface area contributed by atoms with Crippen molar-refractivity contribution in [3.05, 3.63) is 35.9 Å². The molecule has 2 aliphatic heterocycles. The maximum absolute atomic E-state index is 13.0. The average Bonchev–Trinajstić information content (AvgIpc) is 3.15. The molecule has 2 fully saturated rings. The minimum Gasteiger partial charge on any atom is -0.381 e. The number of hydrogen-bond donors (Lipinski definition) is 1. The van der Waals surface area contributed by atoms with Gasteiger partial charge in [-0.05, 0) is 62.2 Å². The molecular formula is C24H36N4O2. The van der Waals surface area contributed by atoms with Crippen molar-refractivity contribution in [2.45, 2.75) is 52.4 Å². The van der Waals surface area contributed by atoms with E-state index in [4.69, 9.17) is 4.74 Å². The number of aromatic nitrogens is 2. The van der Waals surface area contributed by atoms with Crippen LogP contribution >= 0.6 is 0 Å². The highest BCUT2D eigenvalue weighted by atomic mass is 16.5. The van der Waals surface area contributed by atoms with E-state index in [9.17, 15) is 4.79 Å². The number of piperidine rings is 1. The van der Waals surface area contributed by atoms with Crippen LogP contribution in [0.25, 0.3) is 5.52 Å². The summed E-state index contributed by atoms with van der Waals surface area (Å²) in [5.74, 6) is 1.92. The van der Waals surface area contributed by atoms with Gasteiger partial charge in [-0.1, -0.05) is 26.8 Å². The fourth-order valence-corrected chi connectivity index (χ4v) is 4.76. The first-order valence-electron chi connectivity index (χ1n) is 11.5. The Hall–Kier alpha value is -1.92. The van der Waals surface area contributed by atoms with Gasteiger partial charge in [-0.15, -0.1) is 0 Å². The van der Waals surface area contributed by atoms with Crippen molar-refractivity contribution in [1.29, 1.82) is 0 Å². The van der Waals surface area contributed by atoms with Crippen molar-refractivity contribution in [2.75, 3.05) is 39.4 Å². The Balaban J connectivity index is 1.33. The highest BCUT2D eigenvalue weighted by Gasteiger charge is 2.32. The molecule has 0 atom stereocenters. The van der Waals surface area contributed by atoms with Gasteiger partial charge in [-0.2, -0.15) is 0 Å². The lowest BCUT2D eigenvalue weighted by atomic mass is 9.80. The van der Waals surface area contributed by atoms with E-state index < -0.39 is 0 Å². The number of rotatable bonds is 6. The fraction of sp³-hybridized carbons (Fsp3) is 0.667. The minimum absolute atomic E-state index is 0.0588. The number of nitrogens with one attached hydrogen (secondary N) is 1. The number of hydrogen-bond acceptors (Lipinski definition) is 4. The molecule has 4 heterocycles. The predicted molar refractivity (Wildman–Crippen MR) is 119 cm³/mol. The van der Waals surface area contributed by atoms with Crippen LogP contribution in [-0.2, 0) is 4.74 Å².